The topological polar surface area (TPSA) is 99.1 Å². The Balaban J connectivity index is 3.13. The number of carbonyl (C=O) groups is 1. The number of imidazole rings is 1. The zero-order valence-electron chi connectivity index (χ0n) is 10.2. The Morgan fingerprint density at radius 2 is 1.89 bits per heavy atom. The molecule has 2 aromatic rings. The molecule has 2 rings (SSSR count). The van der Waals surface area contributed by atoms with E-state index in [0.29, 0.717) is 6.54 Å². The van der Waals surface area contributed by atoms with Crippen LogP contribution < -0.4 is 11.2 Å². The normalized spacial score (nSPS) is 11.1. The molecule has 2 heterocycles. The van der Waals surface area contributed by atoms with Crippen LogP contribution in [0, 0.1) is 0 Å². The molecule has 0 saturated carbocycles. The quantitative estimate of drug-likeness (QED) is 0.750. The van der Waals surface area contributed by atoms with E-state index in [2.05, 4.69) is 4.98 Å². The molecule has 0 amide bonds. The molecule has 0 aromatic carbocycles. The predicted octanol–water partition coefficient (Wildman–Crippen LogP) is -0.848. The van der Waals surface area contributed by atoms with Crippen LogP contribution in [-0.4, -0.2) is 29.8 Å². The van der Waals surface area contributed by atoms with Gasteiger partial charge in [-0.3, -0.25) is 13.9 Å². The molecule has 0 radical (unpaired) electrons. The molecule has 1 N–H and O–H groups in total. The van der Waals surface area contributed by atoms with E-state index < -0.39 is 17.2 Å². The van der Waals surface area contributed by atoms with E-state index in [4.69, 9.17) is 5.11 Å². The zero-order chi connectivity index (χ0) is 13.6. The van der Waals surface area contributed by atoms with Gasteiger partial charge < -0.3 is 9.67 Å². The van der Waals surface area contributed by atoms with Crippen molar-refractivity contribution < 1.29 is 9.90 Å². The minimum atomic E-state index is -1.23. The maximum absolute atomic E-state index is 11.9. The first-order valence-electron chi connectivity index (χ1n) is 5.29. The van der Waals surface area contributed by atoms with Crippen LogP contribution in [0.25, 0.3) is 11.2 Å². The standard InChI is InChI=1S/C10H12N4O4/c1-4-14-6(9(16)17)11-5-7(14)12(2)10(18)13(3)8(5)15/h4H2,1-3H3,(H,16,17). The molecule has 18 heavy (non-hydrogen) atoms. The molecule has 2 aromatic heterocycles. The fourth-order valence-electron chi connectivity index (χ4n) is 1.95. The van der Waals surface area contributed by atoms with E-state index in [1.165, 1.54) is 23.2 Å². The number of hydrogen-bond donors (Lipinski definition) is 1. The fourth-order valence-corrected chi connectivity index (χ4v) is 1.95. The Morgan fingerprint density at radius 3 is 2.39 bits per heavy atom. The van der Waals surface area contributed by atoms with Crippen LogP contribution in [0.3, 0.4) is 0 Å². The highest BCUT2D eigenvalue weighted by Gasteiger charge is 2.21. The fraction of sp³-hybridized carbons (Fsp3) is 0.400. The van der Waals surface area contributed by atoms with Crippen LogP contribution in [0.2, 0.25) is 0 Å². The highest BCUT2D eigenvalue weighted by atomic mass is 16.4. The van der Waals surface area contributed by atoms with Gasteiger partial charge in [0.1, 0.15) is 0 Å². The van der Waals surface area contributed by atoms with Crippen molar-refractivity contribution in [3.63, 3.8) is 0 Å². The van der Waals surface area contributed by atoms with Gasteiger partial charge in [0, 0.05) is 20.6 Å². The molecule has 8 heteroatoms. The average Bonchev–Trinajstić information content (AvgIpc) is 2.73. The van der Waals surface area contributed by atoms with Gasteiger partial charge in [-0.05, 0) is 6.92 Å². The van der Waals surface area contributed by atoms with Gasteiger partial charge in [0.15, 0.2) is 11.2 Å². The van der Waals surface area contributed by atoms with Crippen LogP contribution in [0.1, 0.15) is 17.5 Å². The summed E-state index contributed by atoms with van der Waals surface area (Å²) in [6.45, 7) is 2.02. The highest BCUT2D eigenvalue weighted by Crippen LogP contribution is 2.10. The third kappa shape index (κ3) is 1.38. The number of aryl methyl sites for hydroxylation is 2. The first-order chi connectivity index (χ1) is 8.40. The third-order valence-corrected chi connectivity index (χ3v) is 2.85. The summed E-state index contributed by atoms with van der Waals surface area (Å²) < 4.78 is 3.46. The number of rotatable bonds is 2. The summed E-state index contributed by atoms with van der Waals surface area (Å²) in [4.78, 5) is 38.6. The van der Waals surface area contributed by atoms with Crippen molar-refractivity contribution in [2.45, 2.75) is 13.5 Å². The SMILES string of the molecule is CCn1c(C(=O)O)nc2c(=O)n(C)c(=O)n(C)c21. The summed E-state index contributed by atoms with van der Waals surface area (Å²) in [7, 11) is 2.80. The van der Waals surface area contributed by atoms with Gasteiger partial charge in [-0.25, -0.2) is 14.6 Å². The number of nitrogens with zero attached hydrogens (tertiary/aromatic N) is 4. The van der Waals surface area contributed by atoms with Crippen molar-refractivity contribution in [1.29, 1.82) is 0 Å². The lowest BCUT2D eigenvalue weighted by Gasteiger charge is -2.07. The summed E-state index contributed by atoms with van der Waals surface area (Å²) in [5, 5.41) is 9.04. The molecule has 0 fully saturated rings. The lowest BCUT2D eigenvalue weighted by molar-refractivity contribution is 0.0679. The second-order valence-electron chi connectivity index (χ2n) is 3.86. The summed E-state index contributed by atoms with van der Waals surface area (Å²) in [5.41, 5.74) is -0.899. The Morgan fingerprint density at radius 1 is 1.28 bits per heavy atom. The number of hydrogen-bond acceptors (Lipinski definition) is 4. The van der Waals surface area contributed by atoms with Crippen molar-refractivity contribution in [2.75, 3.05) is 0 Å². The van der Waals surface area contributed by atoms with Crippen LogP contribution in [0.15, 0.2) is 9.59 Å². The van der Waals surface area contributed by atoms with Crippen LogP contribution in [0.5, 0.6) is 0 Å². The van der Waals surface area contributed by atoms with Gasteiger partial charge in [-0.1, -0.05) is 0 Å². The van der Waals surface area contributed by atoms with Crippen molar-refractivity contribution in [3.05, 3.63) is 26.7 Å². The van der Waals surface area contributed by atoms with E-state index in [1.54, 1.807) is 6.92 Å². The molecule has 0 saturated heterocycles. The van der Waals surface area contributed by atoms with E-state index >= 15 is 0 Å². The third-order valence-electron chi connectivity index (χ3n) is 2.85. The molecule has 0 atom stereocenters. The summed E-state index contributed by atoms with van der Waals surface area (Å²) in [5.74, 6) is -1.48. The van der Waals surface area contributed by atoms with E-state index in [0.717, 1.165) is 4.57 Å². The molecular weight excluding hydrogens is 240 g/mol. The van der Waals surface area contributed by atoms with Crippen LogP contribution in [0.4, 0.5) is 0 Å². The van der Waals surface area contributed by atoms with E-state index in [1.807, 2.05) is 0 Å². The van der Waals surface area contributed by atoms with Crippen LogP contribution in [-0.2, 0) is 20.6 Å². The number of aromatic carboxylic acids is 1. The van der Waals surface area contributed by atoms with E-state index in [-0.39, 0.29) is 17.0 Å². The molecule has 0 aliphatic carbocycles. The van der Waals surface area contributed by atoms with Gasteiger partial charge >= 0.3 is 11.7 Å². The summed E-state index contributed by atoms with van der Waals surface area (Å²) in [6.07, 6.45) is 0. The lowest BCUT2D eigenvalue weighted by Crippen LogP contribution is -2.37. The average molecular weight is 252 g/mol. The lowest BCUT2D eigenvalue weighted by atomic mass is 10.5. The second-order valence-corrected chi connectivity index (χ2v) is 3.86. The largest absolute Gasteiger partial charge is 0.475 e. The Bertz CT molecular complexity index is 765. The monoisotopic (exact) mass is 252 g/mol. The van der Waals surface area contributed by atoms with Crippen LogP contribution >= 0.6 is 0 Å². The molecule has 0 unspecified atom stereocenters. The number of aromatic nitrogens is 4. The molecule has 8 nitrogen and oxygen atoms in total. The smallest absolute Gasteiger partial charge is 0.372 e. The summed E-state index contributed by atoms with van der Waals surface area (Å²) >= 11 is 0. The molecule has 0 spiro atoms. The maximum atomic E-state index is 11.9. The molecule has 0 aliphatic rings. The Labute approximate surface area is 101 Å². The summed E-state index contributed by atoms with van der Waals surface area (Å²) in [6, 6.07) is 0. The predicted molar refractivity (Wildman–Crippen MR) is 62.8 cm³/mol. The first kappa shape index (κ1) is 12.1. The van der Waals surface area contributed by atoms with Gasteiger partial charge in [0.2, 0.25) is 5.82 Å². The first-order valence-corrected chi connectivity index (χ1v) is 5.29. The van der Waals surface area contributed by atoms with E-state index in [9.17, 15) is 14.4 Å². The Kier molecular flexibility index (Phi) is 2.57. The van der Waals surface area contributed by atoms with Gasteiger partial charge in [0.05, 0.1) is 0 Å². The zero-order valence-corrected chi connectivity index (χ0v) is 10.2. The van der Waals surface area contributed by atoms with Crippen molar-refractivity contribution in [3.8, 4) is 0 Å². The van der Waals surface area contributed by atoms with Gasteiger partial charge in [-0.15, -0.1) is 0 Å². The van der Waals surface area contributed by atoms with Crippen molar-refractivity contribution >= 4 is 17.1 Å². The number of carboxylic acid groups (broad SMARTS) is 1. The molecule has 0 aliphatic heterocycles. The Hall–Kier alpha value is -2.38. The second kappa shape index (κ2) is 3.83. The number of carboxylic acids is 1. The van der Waals surface area contributed by atoms with Gasteiger partial charge in [-0.2, -0.15) is 0 Å². The molecule has 0 bridgehead atoms. The van der Waals surface area contributed by atoms with Crippen molar-refractivity contribution in [2.24, 2.45) is 14.1 Å². The minimum Gasteiger partial charge on any atom is -0.475 e. The maximum Gasteiger partial charge on any atom is 0.372 e. The molecular formula is C10H12N4O4. The minimum absolute atomic E-state index is 0.0150. The van der Waals surface area contributed by atoms with Crippen molar-refractivity contribution in [1.82, 2.24) is 18.7 Å². The molecule has 96 valence electrons. The number of fused-ring (bicyclic) bond motifs is 1. The van der Waals surface area contributed by atoms with Gasteiger partial charge in [0.25, 0.3) is 5.56 Å². The highest BCUT2D eigenvalue weighted by molar-refractivity contribution is 5.88.